The second-order valence-electron chi connectivity index (χ2n) is 5.90. The highest BCUT2D eigenvalue weighted by molar-refractivity contribution is 7.11. The number of thiophene rings is 1. The molecule has 0 saturated heterocycles. The van der Waals surface area contributed by atoms with E-state index < -0.39 is 0 Å². The van der Waals surface area contributed by atoms with Crippen LogP contribution in [0.3, 0.4) is 0 Å². The Morgan fingerprint density at radius 2 is 1.56 bits per heavy atom. The van der Waals surface area contributed by atoms with Gasteiger partial charge < -0.3 is 0 Å². The minimum Gasteiger partial charge on any atom is -0.268 e. The SMILES string of the molecule is Cc1ccc(N2C(=O)/C(=C\c3cccs3)c3ccccc3C2=O)cc1. The highest BCUT2D eigenvalue weighted by atomic mass is 32.1. The van der Waals surface area contributed by atoms with Crippen molar-refractivity contribution in [1.82, 2.24) is 0 Å². The minimum absolute atomic E-state index is 0.284. The zero-order valence-electron chi connectivity index (χ0n) is 13.6. The lowest BCUT2D eigenvalue weighted by atomic mass is 9.92. The maximum Gasteiger partial charge on any atom is 0.266 e. The van der Waals surface area contributed by atoms with Crippen LogP contribution in [0.4, 0.5) is 5.69 Å². The third-order valence-corrected chi connectivity index (χ3v) is 5.03. The number of hydrogen-bond donors (Lipinski definition) is 0. The van der Waals surface area contributed by atoms with E-state index in [0.29, 0.717) is 22.4 Å². The molecule has 0 aliphatic carbocycles. The zero-order valence-corrected chi connectivity index (χ0v) is 14.4. The van der Waals surface area contributed by atoms with Crippen molar-refractivity contribution in [3.8, 4) is 0 Å². The van der Waals surface area contributed by atoms with Gasteiger partial charge in [0.15, 0.2) is 0 Å². The van der Waals surface area contributed by atoms with Crippen LogP contribution in [0.5, 0.6) is 0 Å². The Morgan fingerprint density at radius 1 is 0.840 bits per heavy atom. The molecular weight excluding hydrogens is 330 g/mol. The molecule has 0 radical (unpaired) electrons. The first kappa shape index (κ1) is 15.5. The first-order valence-corrected chi connectivity index (χ1v) is 8.83. The molecule has 4 heteroatoms. The van der Waals surface area contributed by atoms with E-state index in [1.54, 1.807) is 17.4 Å². The smallest absolute Gasteiger partial charge is 0.266 e. The fraction of sp³-hybridized carbons (Fsp3) is 0.0476. The number of aryl methyl sites for hydroxylation is 1. The highest BCUT2D eigenvalue weighted by Crippen LogP contribution is 2.33. The molecule has 3 aromatic rings. The summed E-state index contributed by atoms with van der Waals surface area (Å²) in [6, 6.07) is 18.6. The maximum absolute atomic E-state index is 13.2. The van der Waals surface area contributed by atoms with E-state index in [-0.39, 0.29) is 11.8 Å². The van der Waals surface area contributed by atoms with Gasteiger partial charge in [-0.05, 0) is 42.6 Å². The number of hydrogen-bond acceptors (Lipinski definition) is 3. The summed E-state index contributed by atoms with van der Waals surface area (Å²) in [5.41, 5.74) is 3.44. The Bertz CT molecular complexity index is 985. The number of imide groups is 1. The summed E-state index contributed by atoms with van der Waals surface area (Å²) < 4.78 is 0. The molecule has 2 heterocycles. The molecule has 0 saturated carbocycles. The summed E-state index contributed by atoms with van der Waals surface area (Å²) >= 11 is 1.56. The number of fused-ring (bicyclic) bond motifs is 1. The fourth-order valence-electron chi connectivity index (χ4n) is 2.94. The average Bonchev–Trinajstić information content (AvgIpc) is 3.14. The van der Waals surface area contributed by atoms with Gasteiger partial charge in [-0.25, -0.2) is 4.90 Å². The molecule has 0 atom stereocenters. The van der Waals surface area contributed by atoms with Crippen LogP contribution >= 0.6 is 11.3 Å². The molecule has 0 bridgehead atoms. The van der Waals surface area contributed by atoms with E-state index >= 15 is 0 Å². The fourth-order valence-corrected chi connectivity index (χ4v) is 3.59. The predicted octanol–water partition coefficient (Wildman–Crippen LogP) is 4.78. The van der Waals surface area contributed by atoms with Crippen molar-refractivity contribution < 1.29 is 9.59 Å². The van der Waals surface area contributed by atoms with E-state index in [1.165, 1.54) is 4.90 Å². The molecule has 0 fully saturated rings. The number of carbonyl (C=O) groups is 2. The Kier molecular flexibility index (Phi) is 3.82. The summed E-state index contributed by atoms with van der Waals surface area (Å²) in [4.78, 5) is 28.3. The molecule has 2 aromatic carbocycles. The molecule has 25 heavy (non-hydrogen) atoms. The quantitative estimate of drug-likeness (QED) is 0.495. The number of rotatable bonds is 2. The normalized spacial score (nSPS) is 15.6. The van der Waals surface area contributed by atoms with Gasteiger partial charge in [0.2, 0.25) is 0 Å². The molecule has 4 rings (SSSR count). The standard InChI is InChI=1S/C21H15NO2S/c1-14-8-10-15(11-9-14)22-20(23)18-7-3-2-6-17(18)19(21(22)24)13-16-5-4-12-25-16/h2-13H,1H3/b19-13-. The number of anilines is 1. The first-order valence-electron chi connectivity index (χ1n) is 7.95. The molecule has 0 unspecified atom stereocenters. The molecule has 1 aliphatic heterocycles. The highest BCUT2D eigenvalue weighted by Gasteiger charge is 2.35. The van der Waals surface area contributed by atoms with Gasteiger partial charge in [-0.3, -0.25) is 9.59 Å². The monoisotopic (exact) mass is 345 g/mol. The number of carbonyl (C=O) groups excluding carboxylic acids is 2. The Balaban J connectivity index is 1.90. The van der Waals surface area contributed by atoms with Crippen molar-refractivity contribution in [2.45, 2.75) is 6.92 Å². The molecule has 0 spiro atoms. The molecule has 1 aromatic heterocycles. The lowest BCUT2D eigenvalue weighted by Gasteiger charge is -2.28. The summed E-state index contributed by atoms with van der Waals surface area (Å²) in [7, 11) is 0. The topological polar surface area (TPSA) is 37.4 Å². The number of amides is 2. The molecule has 1 aliphatic rings. The summed E-state index contributed by atoms with van der Waals surface area (Å²) in [6.07, 6.45) is 1.86. The molecule has 0 N–H and O–H groups in total. The van der Waals surface area contributed by atoms with Crippen LogP contribution in [0.15, 0.2) is 66.0 Å². The molecular formula is C21H15NO2S. The van der Waals surface area contributed by atoms with Crippen molar-refractivity contribution in [3.05, 3.63) is 87.6 Å². The van der Waals surface area contributed by atoms with Crippen LogP contribution in [0.1, 0.15) is 26.4 Å². The summed E-state index contributed by atoms with van der Waals surface area (Å²) in [5, 5.41) is 1.97. The van der Waals surface area contributed by atoms with Crippen molar-refractivity contribution in [2.24, 2.45) is 0 Å². The second-order valence-corrected chi connectivity index (χ2v) is 6.88. The van der Waals surface area contributed by atoms with E-state index in [4.69, 9.17) is 0 Å². The average molecular weight is 345 g/mol. The van der Waals surface area contributed by atoms with Gasteiger partial charge in [0, 0.05) is 21.6 Å². The maximum atomic E-state index is 13.2. The van der Waals surface area contributed by atoms with Crippen molar-refractivity contribution in [2.75, 3.05) is 4.90 Å². The van der Waals surface area contributed by atoms with Gasteiger partial charge in [0.25, 0.3) is 11.8 Å². The van der Waals surface area contributed by atoms with Crippen LogP contribution in [-0.2, 0) is 4.79 Å². The first-order chi connectivity index (χ1) is 12.1. The Morgan fingerprint density at radius 3 is 2.24 bits per heavy atom. The van der Waals surface area contributed by atoms with E-state index in [0.717, 1.165) is 10.4 Å². The zero-order chi connectivity index (χ0) is 17.4. The largest absolute Gasteiger partial charge is 0.268 e. The van der Waals surface area contributed by atoms with E-state index in [9.17, 15) is 9.59 Å². The lowest BCUT2D eigenvalue weighted by molar-refractivity contribution is -0.112. The van der Waals surface area contributed by atoms with Crippen LogP contribution < -0.4 is 4.90 Å². The number of benzene rings is 2. The number of nitrogens with zero attached hydrogens (tertiary/aromatic N) is 1. The Hall–Kier alpha value is -2.98. The van der Waals surface area contributed by atoms with Crippen molar-refractivity contribution in [1.29, 1.82) is 0 Å². The van der Waals surface area contributed by atoms with Crippen LogP contribution in [-0.4, -0.2) is 11.8 Å². The summed E-state index contributed by atoms with van der Waals surface area (Å²) in [6.45, 7) is 1.97. The van der Waals surface area contributed by atoms with Gasteiger partial charge in [-0.1, -0.05) is 42.0 Å². The van der Waals surface area contributed by atoms with Crippen molar-refractivity contribution >= 4 is 40.5 Å². The van der Waals surface area contributed by atoms with Gasteiger partial charge in [-0.15, -0.1) is 11.3 Å². The molecule has 2 amide bonds. The van der Waals surface area contributed by atoms with Crippen LogP contribution in [0.25, 0.3) is 11.6 Å². The van der Waals surface area contributed by atoms with Gasteiger partial charge in [0.1, 0.15) is 0 Å². The summed E-state index contributed by atoms with van der Waals surface area (Å²) in [5.74, 6) is -0.575. The van der Waals surface area contributed by atoms with Crippen LogP contribution in [0.2, 0.25) is 0 Å². The van der Waals surface area contributed by atoms with Gasteiger partial charge in [0.05, 0.1) is 5.69 Å². The van der Waals surface area contributed by atoms with Crippen LogP contribution in [0, 0.1) is 6.92 Å². The van der Waals surface area contributed by atoms with E-state index in [2.05, 4.69) is 0 Å². The molecule has 122 valence electrons. The second kappa shape index (κ2) is 6.15. The van der Waals surface area contributed by atoms with Gasteiger partial charge >= 0.3 is 0 Å². The predicted molar refractivity (Wildman–Crippen MR) is 102 cm³/mol. The van der Waals surface area contributed by atoms with Crippen molar-refractivity contribution in [3.63, 3.8) is 0 Å². The third kappa shape index (κ3) is 2.71. The minimum atomic E-state index is -0.291. The lowest BCUT2D eigenvalue weighted by Crippen LogP contribution is -2.41. The van der Waals surface area contributed by atoms with Gasteiger partial charge in [-0.2, -0.15) is 0 Å². The van der Waals surface area contributed by atoms with E-state index in [1.807, 2.05) is 73.0 Å². The third-order valence-electron chi connectivity index (χ3n) is 4.21. The Labute approximate surface area is 149 Å². The molecule has 3 nitrogen and oxygen atoms in total.